The molecule has 1 aromatic carbocycles. The number of aryl methyl sites for hydroxylation is 1. The fourth-order valence-corrected chi connectivity index (χ4v) is 1.83. The number of nitrogens with one attached hydrogen (secondary N) is 1. The van der Waals surface area contributed by atoms with E-state index in [1.807, 2.05) is 6.07 Å². The van der Waals surface area contributed by atoms with Gasteiger partial charge in [0.05, 0.1) is 11.0 Å². The van der Waals surface area contributed by atoms with Crippen LogP contribution in [0.15, 0.2) is 24.3 Å². The average Bonchev–Trinajstić information content (AvgIpc) is 2.51. The number of imidazole rings is 1. The van der Waals surface area contributed by atoms with Gasteiger partial charge in [0.15, 0.2) is 0 Å². The quantitative estimate of drug-likeness (QED) is 0.836. The molecule has 16 heavy (non-hydrogen) atoms. The molecule has 0 spiro atoms. The fraction of sp³-hybridized carbons (Fsp3) is 0.462. The number of hydrogen-bond donors (Lipinski definition) is 1. The molecule has 0 radical (unpaired) electrons. The molecule has 1 aromatic heterocycles. The minimum absolute atomic E-state index is 0.0360. The van der Waals surface area contributed by atoms with Gasteiger partial charge in [0, 0.05) is 12.1 Å². The highest BCUT2D eigenvalue weighted by Crippen LogP contribution is 2.21. The molecule has 1 N–H and O–H groups in total. The van der Waals surface area contributed by atoms with Gasteiger partial charge in [-0.05, 0) is 39.8 Å². The Morgan fingerprint density at radius 1 is 1.25 bits per heavy atom. The minimum Gasteiger partial charge on any atom is -0.351 e. The largest absolute Gasteiger partial charge is 0.351 e. The lowest BCUT2D eigenvalue weighted by Crippen LogP contribution is -2.28. The van der Waals surface area contributed by atoms with Crippen LogP contribution in [-0.2, 0) is 6.54 Å². The Balaban J connectivity index is 2.52. The number of benzene rings is 1. The Labute approximate surface area is 96.5 Å². The lowest BCUT2D eigenvalue weighted by Gasteiger charge is -2.21. The third-order valence-electron chi connectivity index (χ3n) is 2.46. The summed E-state index contributed by atoms with van der Waals surface area (Å²) < 4.78 is 2.21. The predicted octanol–water partition coefficient (Wildman–Crippen LogP) is 3.27. The van der Waals surface area contributed by atoms with E-state index >= 15 is 0 Å². The van der Waals surface area contributed by atoms with E-state index in [0.717, 1.165) is 18.0 Å². The van der Waals surface area contributed by atoms with Crippen LogP contribution in [-0.4, -0.2) is 15.1 Å². The Bertz CT molecular complexity index is 491. The van der Waals surface area contributed by atoms with E-state index in [4.69, 9.17) is 0 Å². The van der Waals surface area contributed by atoms with Gasteiger partial charge in [-0.25, -0.2) is 4.98 Å². The second-order valence-corrected chi connectivity index (χ2v) is 5.04. The predicted molar refractivity (Wildman–Crippen MR) is 68.8 cm³/mol. The van der Waals surface area contributed by atoms with E-state index in [9.17, 15) is 0 Å². The van der Waals surface area contributed by atoms with Crippen LogP contribution in [0.3, 0.4) is 0 Å². The maximum atomic E-state index is 4.62. The van der Waals surface area contributed by atoms with Crippen molar-refractivity contribution in [1.29, 1.82) is 0 Å². The lowest BCUT2D eigenvalue weighted by molar-refractivity contribution is 0.615. The molecule has 86 valence electrons. The number of hydrogen-bond acceptors (Lipinski definition) is 2. The zero-order valence-electron chi connectivity index (χ0n) is 10.4. The second kappa shape index (κ2) is 3.81. The van der Waals surface area contributed by atoms with Crippen molar-refractivity contribution in [1.82, 2.24) is 9.55 Å². The molecule has 0 aliphatic rings. The number of para-hydroxylation sites is 2. The molecule has 0 saturated heterocycles. The van der Waals surface area contributed by atoms with Crippen molar-refractivity contribution in [2.75, 3.05) is 5.32 Å². The maximum absolute atomic E-state index is 4.62. The highest BCUT2D eigenvalue weighted by Gasteiger charge is 2.15. The first-order valence-corrected chi connectivity index (χ1v) is 5.75. The molecule has 0 amide bonds. The Morgan fingerprint density at radius 3 is 2.56 bits per heavy atom. The van der Waals surface area contributed by atoms with Gasteiger partial charge < -0.3 is 9.88 Å². The molecule has 0 fully saturated rings. The maximum Gasteiger partial charge on any atom is 0.204 e. The van der Waals surface area contributed by atoms with Crippen molar-refractivity contribution < 1.29 is 0 Å². The monoisotopic (exact) mass is 217 g/mol. The highest BCUT2D eigenvalue weighted by molar-refractivity contribution is 5.78. The molecule has 0 atom stereocenters. The third kappa shape index (κ3) is 2.03. The van der Waals surface area contributed by atoms with Gasteiger partial charge in [0.1, 0.15) is 0 Å². The molecule has 3 nitrogen and oxygen atoms in total. The number of anilines is 1. The van der Waals surface area contributed by atoms with Crippen LogP contribution in [0.1, 0.15) is 27.7 Å². The molecule has 0 saturated carbocycles. The summed E-state index contributed by atoms with van der Waals surface area (Å²) in [4.78, 5) is 4.62. The van der Waals surface area contributed by atoms with E-state index in [2.05, 4.69) is 60.8 Å². The first-order chi connectivity index (χ1) is 7.51. The second-order valence-electron chi connectivity index (χ2n) is 5.04. The Kier molecular flexibility index (Phi) is 2.62. The van der Waals surface area contributed by atoms with Crippen LogP contribution < -0.4 is 5.32 Å². The van der Waals surface area contributed by atoms with Crippen LogP contribution in [0.4, 0.5) is 5.95 Å². The fourth-order valence-electron chi connectivity index (χ4n) is 1.83. The van der Waals surface area contributed by atoms with Gasteiger partial charge in [0.25, 0.3) is 0 Å². The molecular weight excluding hydrogens is 198 g/mol. The van der Waals surface area contributed by atoms with E-state index in [-0.39, 0.29) is 5.54 Å². The van der Waals surface area contributed by atoms with Crippen molar-refractivity contribution >= 4 is 17.0 Å². The zero-order chi connectivity index (χ0) is 11.8. The average molecular weight is 217 g/mol. The van der Waals surface area contributed by atoms with Crippen molar-refractivity contribution in [3.05, 3.63) is 24.3 Å². The molecule has 0 aliphatic heterocycles. The van der Waals surface area contributed by atoms with Gasteiger partial charge in [-0.15, -0.1) is 0 Å². The normalized spacial score (nSPS) is 12.0. The smallest absolute Gasteiger partial charge is 0.204 e. The molecule has 0 bridgehead atoms. The summed E-state index contributed by atoms with van der Waals surface area (Å²) in [7, 11) is 0. The molecular formula is C13H19N3. The molecule has 2 rings (SSSR count). The summed E-state index contributed by atoms with van der Waals surface area (Å²) >= 11 is 0. The number of fused-ring (bicyclic) bond motifs is 1. The van der Waals surface area contributed by atoms with Crippen molar-refractivity contribution in [3.63, 3.8) is 0 Å². The first kappa shape index (κ1) is 11.0. The van der Waals surface area contributed by atoms with Gasteiger partial charge in [0.2, 0.25) is 5.95 Å². The van der Waals surface area contributed by atoms with Crippen molar-refractivity contribution in [2.24, 2.45) is 0 Å². The first-order valence-electron chi connectivity index (χ1n) is 5.75. The topological polar surface area (TPSA) is 29.9 Å². The van der Waals surface area contributed by atoms with Crippen LogP contribution in [0.2, 0.25) is 0 Å². The standard InChI is InChI=1S/C13H19N3/c1-5-16-11-9-7-6-8-10(11)14-12(16)15-13(2,3)4/h6-9H,5H2,1-4H3,(H,14,15). The molecule has 3 heteroatoms. The molecule has 0 unspecified atom stereocenters. The third-order valence-corrected chi connectivity index (χ3v) is 2.46. The summed E-state index contributed by atoms with van der Waals surface area (Å²) in [5, 5.41) is 3.44. The van der Waals surface area contributed by atoms with Gasteiger partial charge in [-0.1, -0.05) is 12.1 Å². The van der Waals surface area contributed by atoms with Crippen LogP contribution in [0, 0.1) is 0 Å². The van der Waals surface area contributed by atoms with Crippen molar-refractivity contribution in [2.45, 2.75) is 39.8 Å². The molecule has 0 aliphatic carbocycles. The Morgan fingerprint density at radius 2 is 1.94 bits per heavy atom. The molecule has 1 heterocycles. The van der Waals surface area contributed by atoms with Gasteiger partial charge in [-0.2, -0.15) is 0 Å². The summed E-state index contributed by atoms with van der Waals surface area (Å²) in [5.41, 5.74) is 2.28. The number of rotatable bonds is 2. The van der Waals surface area contributed by atoms with E-state index < -0.39 is 0 Å². The van der Waals surface area contributed by atoms with Crippen molar-refractivity contribution in [3.8, 4) is 0 Å². The SMILES string of the molecule is CCn1c(NC(C)(C)C)nc2ccccc21. The minimum atomic E-state index is 0.0360. The molecule has 2 aromatic rings. The summed E-state index contributed by atoms with van der Waals surface area (Å²) in [6.45, 7) is 9.51. The van der Waals surface area contributed by atoms with E-state index in [1.165, 1.54) is 5.52 Å². The number of aromatic nitrogens is 2. The van der Waals surface area contributed by atoms with E-state index in [1.54, 1.807) is 0 Å². The van der Waals surface area contributed by atoms with E-state index in [0.29, 0.717) is 0 Å². The summed E-state index contributed by atoms with van der Waals surface area (Å²) in [5.74, 6) is 0.955. The van der Waals surface area contributed by atoms with Crippen LogP contribution >= 0.6 is 0 Å². The zero-order valence-corrected chi connectivity index (χ0v) is 10.4. The Hall–Kier alpha value is -1.51. The highest BCUT2D eigenvalue weighted by atomic mass is 15.2. The lowest BCUT2D eigenvalue weighted by atomic mass is 10.1. The summed E-state index contributed by atoms with van der Waals surface area (Å²) in [6, 6.07) is 8.24. The summed E-state index contributed by atoms with van der Waals surface area (Å²) in [6.07, 6.45) is 0. The number of nitrogens with zero attached hydrogens (tertiary/aromatic N) is 2. The van der Waals surface area contributed by atoms with Gasteiger partial charge in [-0.3, -0.25) is 0 Å². The van der Waals surface area contributed by atoms with Crippen LogP contribution in [0.25, 0.3) is 11.0 Å². The van der Waals surface area contributed by atoms with Gasteiger partial charge >= 0.3 is 0 Å². The van der Waals surface area contributed by atoms with Crippen LogP contribution in [0.5, 0.6) is 0 Å².